The number of carbonyl (C=O) groups is 2. The van der Waals surface area contributed by atoms with Crippen molar-refractivity contribution in [1.82, 2.24) is 0 Å². The van der Waals surface area contributed by atoms with Crippen molar-refractivity contribution in [2.24, 2.45) is 5.92 Å². The maximum Gasteiger partial charge on any atom is 0.138 e. The van der Waals surface area contributed by atoms with E-state index in [-0.39, 0.29) is 5.78 Å². The molecule has 1 unspecified atom stereocenters. The molecule has 0 aromatic carbocycles. The second-order valence-corrected chi connectivity index (χ2v) is 6.16. The molecule has 0 heterocycles. The second kappa shape index (κ2) is 14.1. The normalized spacial score (nSPS) is 12.3. The van der Waals surface area contributed by atoms with Gasteiger partial charge in [0.1, 0.15) is 5.78 Å². The van der Waals surface area contributed by atoms with Crippen molar-refractivity contribution < 1.29 is 14.7 Å². The molecule has 0 aromatic rings. The number of aliphatic carboxylic acids is 1. The van der Waals surface area contributed by atoms with Crippen LogP contribution in [0.25, 0.3) is 0 Å². The number of carboxylic acid groups (broad SMARTS) is 1. The summed E-state index contributed by atoms with van der Waals surface area (Å²) in [5.74, 6) is -2.39. The van der Waals surface area contributed by atoms with Crippen LogP contribution in [0.4, 0.5) is 0 Å². The maximum absolute atomic E-state index is 11.1. The third-order valence-electron chi connectivity index (χ3n) is 4.12. The highest BCUT2D eigenvalue weighted by Gasteiger charge is 2.14. The van der Waals surface area contributed by atoms with E-state index in [1.165, 1.54) is 64.7 Å². The molecule has 3 nitrogen and oxygen atoms in total. The number of hydrogen-bond acceptors (Lipinski definition) is 3. The Labute approximate surface area is 130 Å². The average Bonchev–Trinajstić information content (AvgIpc) is 2.43. The van der Waals surface area contributed by atoms with Gasteiger partial charge in [0.05, 0.1) is 11.9 Å². The Kier molecular flexibility index (Phi) is 13.5. The fourth-order valence-electron chi connectivity index (χ4n) is 2.68. The molecule has 0 amide bonds. The predicted molar refractivity (Wildman–Crippen MR) is 84.9 cm³/mol. The minimum atomic E-state index is -1.22. The summed E-state index contributed by atoms with van der Waals surface area (Å²) >= 11 is 0. The zero-order valence-electron chi connectivity index (χ0n) is 14.0. The van der Waals surface area contributed by atoms with Crippen LogP contribution in [0.3, 0.4) is 0 Å². The SMILES string of the molecule is CCCCCCCCCCCCCCC(C(C)=O)C(=O)[O-]. The molecule has 0 aliphatic heterocycles. The van der Waals surface area contributed by atoms with E-state index in [2.05, 4.69) is 6.92 Å². The quantitative estimate of drug-likeness (QED) is 0.339. The lowest BCUT2D eigenvalue weighted by Gasteiger charge is -2.14. The first-order valence-corrected chi connectivity index (χ1v) is 8.81. The standard InChI is InChI=1S/C18H34O3/c1-3-4-5-6-7-8-9-10-11-12-13-14-15-17(16(2)19)18(20)21/h17H,3-15H2,1-2H3,(H,20,21)/p-1. The summed E-state index contributed by atoms with van der Waals surface area (Å²) in [7, 11) is 0. The van der Waals surface area contributed by atoms with E-state index < -0.39 is 11.9 Å². The van der Waals surface area contributed by atoms with Crippen LogP contribution in [0, 0.1) is 5.92 Å². The number of unbranched alkanes of at least 4 members (excludes halogenated alkanes) is 11. The molecule has 0 aliphatic rings. The molecule has 0 rings (SSSR count). The largest absolute Gasteiger partial charge is 0.549 e. The Balaban J connectivity index is 3.29. The van der Waals surface area contributed by atoms with Crippen LogP contribution in [0.1, 0.15) is 97.3 Å². The molecular formula is C18H33O3-. The highest BCUT2D eigenvalue weighted by molar-refractivity contribution is 5.95. The monoisotopic (exact) mass is 297 g/mol. The van der Waals surface area contributed by atoms with Gasteiger partial charge >= 0.3 is 0 Å². The molecule has 0 N–H and O–H groups in total. The summed E-state index contributed by atoms with van der Waals surface area (Å²) in [6.07, 6.45) is 15.4. The molecule has 124 valence electrons. The third-order valence-corrected chi connectivity index (χ3v) is 4.12. The van der Waals surface area contributed by atoms with Gasteiger partial charge in [-0.25, -0.2) is 0 Å². The van der Waals surface area contributed by atoms with E-state index in [9.17, 15) is 14.7 Å². The number of ketones is 1. The Hall–Kier alpha value is -0.860. The van der Waals surface area contributed by atoms with Gasteiger partial charge in [-0.05, 0) is 13.3 Å². The van der Waals surface area contributed by atoms with Gasteiger partial charge in [0.25, 0.3) is 0 Å². The van der Waals surface area contributed by atoms with E-state index in [1.807, 2.05) is 0 Å². The van der Waals surface area contributed by atoms with Crippen molar-refractivity contribution in [3.63, 3.8) is 0 Å². The summed E-state index contributed by atoms with van der Waals surface area (Å²) in [6.45, 7) is 3.58. The van der Waals surface area contributed by atoms with Gasteiger partial charge in [-0.1, -0.05) is 84.0 Å². The Morgan fingerprint density at radius 1 is 0.762 bits per heavy atom. The van der Waals surface area contributed by atoms with E-state index in [0.717, 1.165) is 19.3 Å². The zero-order valence-corrected chi connectivity index (χ0v) is 14.0. The Morgan fingerprint density at radius 2 is 1.14 bits per heavy atom. The number of hydrogen-bond donors (Lipinski definition) is 0. The molecule has 0 aliphatic carbocycles. The van der Waals surface area contributed by atoms with Crippen LogP contribution in [0.5, 0.6) is 0 Å². The first-order valence-electron chi connectivity index (χ1n) is 8.81. The van der Waals surface area contributed by atoms with Gasteiger partial charge < -0.3 is 9.90 Å². The van der Waals surface area contributed by atoms with Gasteiger partial charge in [0.2, 0.25) is 0 Å². The smallest absolute Gasteiger partial charge is 0.138 e. The fourth-order valence-corrected chi connectivity index (χ4v) is 2.68. The minimum absolute atomic E-state index is 0.280. The average molecular weight is 297 g/mol. The molecule has 1 atom stereocenters. The molecule has 0 aromatic heterocycles. The molecule has 0 radical (unpaired) electrons. The molecule has 0 fully saturated rings. The molecule has 3 heteroatoms. The van der Waals surface area contributed by atoms with E-state index in [1.54, 1.807) is 0 Å². The predicted octanol–water partition coefficient (Wildman–Crippen LogP) is 4.03. The summed E-state index contributed by atoms with van der Waals surface area (Å²) in [5.41, 5.74) is 0. The summed E-state index contributed by atoms with van der Waals surface area (Å²) in [6, 6.07) is 0. The van der Waals surface area contributed by atoms with Gasteiger partial charge in [-0.2, -0.15) is 0 Å². The second-order valence-electron chi connectivity index (χ2n) is 6.16. The van der Waals surface area contributed by atoms with Crippen LogP contribution < -0.4 is 5.11 Å². The first kappa shape index (κ1) is 20.1. The zero-order chi connectivity index (χ0) is 15.9. The lowest BCUT2D eigenvalue weighted by atomic mass is 9.97. The summed E-state index contributed by atoms with van der Waals surface area (Å²) in [4.78, 5) is 21.8. The highest BCUT2D eigenvalue weighted by atomic mass is 16.4. The van der Waals surface area contributed by atoms with Crippen molar-refractivity contribution >= 4 is 11.8 Å². The number of carboxylic acids is 1. The molecule has 0 bridgehead atoms. The van der Waals surface area contributed by atoms with Crippen LogP contribution in [0.2, 0.25) is 0 Å². The maximum atomic E-state index is 11.1. The summed E-state index contributed by atoms with van der Waals surface area (Å²) in [5, 5.41) is 10.7. The molecule has 0 saturated carbocycles. The molecule has 21 heavy (non-hydrogen) atoms. The van der Waals surface area contributed by atoms with Gasteiger partial charge in [-0.15, -0.1) is 0 Å². The van der Waals surface area contributed by atoms with E-state index in [4.69, 9.17) is 0 Å². The highest BCUT2D eigenvalue weighted by Crippen LogP contribution is 2.14. The van der Waals surface area contributed by atoms with Crippen molar-refractivity contribution in [3.05, 3.63) is 0 Å². The Bertz CT molecular complexity index is 260. The summed E-state index contributed by atoms with van der Waals surface area (Å²) < 4.78 is 0. The van der Waals surface area contributed by atoms with Crippen LogP contribution in [-0.2, 0) is 9.59 Å². The number of Topliss-reactive ketones (excluding diaryl/α,β-unsaturated/α-hetero) is 1. The van der Waals surface area contributed by atoms with Crippen molar-refractivity contribution in [2.75, 3.05) is 0 Å². The molecular weight excluding hydrogens is 264 g/mol. The van der Waals surface area contributed by atoms with Crippen molar-refractivity contribution in [1.29, 1.82) is 0 Å². The fraction of sp³-hybridized carbons (Fsp3) is 0.889. The lowest BCUT2D eigenvalue weighted by molar-refractivity contribution is -0.310. The van der Waals surface area contributed by atoms with Gasteiger partial charge in [0, 0.05) is 0 Å². The third kappa shape index (κ3) is 12.6. The number of rotatable bonds is 15. The molecule has 0 saturated heterocycles. The Morgan fingerprint density at radius 3 is 1.48 bits per heavy atom. The number of carbonyl (C=O) groups excluding carboxylic acids is 2. The molecule has 0 spiro atoms. The van der Waals surface area contributed by atoms with E-state index >= 15 is 0 Å². The van der Waals surface area contributed by atoms with Gasteiger partial charge in [0.15, 0.2) is 0 Å². The van der Waals surface area contributed by atoms with Crippen LogP contribution >= 0.6 is 0 Å². The topological polar surface area (TPSA) is 57.2 Å². The first-order chi connectivity index (χ1) is 10.1. The van der Waals surface area contributed by atoms with Crippen LogP contribution in [0.15, 0.2) is 0 Å². The van der Waals surface area contributed by atoms with Crippen LogP contribution in [-0.4, -0.2) is 11.8 Å². The van der Waals surface area contributed by atoms with Crippen molar-refractivity contribution in [2.45, 2.75) is 97.3 Å². The lowest BCUT2D eigenvalue weighted by Crippen LogP contribution is -2.35. The minimum Gasteiger partial charge on any atom is -0.549 e. The van der Waals surface area contributed by atoms with Crippen molar-refractivity contribution in [3.8, 4) is 0 Å². The van der Waals surface area contributed by atoms with Gasteiger partial charge in [-0.3, -0.25) is 4.79 Å². The van der Waals surface area contributed by atoms with E-state index in [0.29, 0.717) is 6.42 Å².